The van der Waals surface area contributed by atoms with Crippen LogP contribution in [0.25, 0.3) is 0 Å². The number of carbonyl (C=O) groups excluding carboxylic acids is 4. The van der Waals surface area contributed by atoms with E-state index in [1.165, 1.54) is 31.4 Å². The van der Waals surface area contributed by atoms with E-state index < -0.39 is 11.8 Å². The third-order valence-electron chi connectivity index (χ3n) is 5.33. The Balaban J connectivity index is 0.000000240. The minimum absolute atomic E-state index is 0.142. The summed E-state index contributed by atoms with van der Waals surface area (Å²) in [5.74, 6) is -0.373. The van der Waals surface area contributed by atoms with Crippen LogP contribution >= 0.6 is 0 Å². The maximum Gasteiger partial charge on any atom is 0.305 e. The van der Waals surface area contributed by atoms with Crippen LogP contribution in [0.5, 0.6) is 0 Å². The maximum absolute atomic E-state index is 11.5. The fraction of sp³-hybridized carbons (Fsp3) is 0.500. The third-order valence-corrected chi connectivity index (χ3v) is 5.33. The number of carbonyl (C=O) groups is 4. The molecule has 1 saturated carbocycles. The summed E-state index contributed by atoms with van der Waals surface area (Å²) in [4.78, 5) is 45.6. The fourth-order valence-electron chi connectivity index (χ4n) is 3.49. The number of nitrogens with one attached hydrogen (secondary N) is 4. The van der Waals surface area contributed by atoms with Gasteiger partial charge in [0.15, 0.2) is 11.5 Å². The highest BCUT2D eigenvalue weighted by molar-refractivity contribution is 5.93. The van der Waals surface area contributed by atoms with E-state index in [0.29, 0.717) is 18.8 Å². The Morgan fingerprint density at radius 2 is 1.35 bits per heavy atom. The Labute approximate surface area is 199 Å². The minimum Gasteiger partial charge on any atom is -0.459 e. The predicted molar refractivity (Wildman–Crippen MR) is 124 cm³/mol. The molecule has 2 aromatic rings. The lowest BCUT2D eigenvalue weighted by molar-refractivity contribution is -0.123. The van der Waals surface area contributed by atoms with E-state index in [4.69, 9.17) is 8.83 Å². The highest BCUT2D eigenvalue weighted by Crippen LogP contribution is 2.27. The van der Waals surface area contributed by atoms with Crippen LogP contribution in [-0.2, 0) is 9.59 Å². The van der Waals surface area contributed by atoms with E-state index >= 15 is 0 Å². The van der Waals surface area contributed by atoms with Crippen molar-refractivity contribution in [2.75, 3.05) is 0 Å². The second kappa shape index (κ2) is 15.3. The Morgan fingerprint density at radius 3 is 1.85 bits per heavy atom. The summed E-state index contributed by atoms with van der Waals surface area (Å²) in [6.07, 6.45) is 12.5. The van der Waals surface area contributed by atoms with Gasteiger partial charge in [-0.2, -0.15) is 0 Å². The lowest BCUT2D eigenvalue weighted by atomic mass is 10.0. The molecule has 186 valence electrons. The van der Waals surface area contributed by atoms with Gasteiger partial charge >= 0.3 is 11.8 Å². The first-order chi connectivity index (χ1) is 16.5. The first-order valence-corrected chi connectivity index (χ1v) is 11.7. The van der Waals surface area contributed by atoms with Gasteiger partial charge < -0.3 is 8.83 Å². The monoisotopic (exact) mass is 474 g/mol. The van der Waals surface area contributed by atoms with E-state index in [0.717, 1.165) is 38.5 Å². The first-order valence-electron chi connectivity index (χ1n) is 11.7. The van der Waals surface area contributed by atoms with Crippen LogP contribution in [0.4, 0.5) is 0 Å². The second-order valence-electron chi connectivity index (χ2n) is 8.12. The number of furan rings is 2. The van der Waals surface area contributed by atoms with Gasteiger partial charge in [0.05, 0.1) is 12.5 Å². The van der Waals surface area contributed by atoms with Crippen molar-refractivity contribution in [2.45, 2.75) is 71.1 Å². The number of amides is 4. The largest absolute Gasteiger partial charge is 0.459 e. The average Bonchev–Trinajstić information content (AvgIpc) is 3.62. The molecule has 4 amide bonds. The molecule has 2 heterocycles. The molecule has 0 aliphatic heterocycles. The molecule has 0 atom stereocenters. The minimum atomic E-state index is -0.447. The molecule has 34 heavy (non-hydrogen) atoms. The molecule has 1 aliphatic carbocycles. The Morgan fingerprint density at radius 1 is 0.794 bits per heavy atom. The molecule has 1 fully saturated rings. The lowest BCUT2D eigenvalue weighted by Gasteiger charge is -2.09. The summed E-state index contributed by atoms with van der Waals surface area (Å²) in [5, 5.41) is 0. The van der Waals surface area contributed by atoms with Gasteiger partial charge in [-0.15, -0.1) is 0 Å². The second-order valence-corrected chi connectivity index (χ2v) is 8.12. The van der Waals surface area contributed by atoms with Crippen molar-refractivity contribution < 1.29 is 28.0 Å². The number of unbranched alkanes of at least 4 members (excludes halogenated alkanes) is 3. The molecule has 4 N–H and O–H groups in total. The summed E-state index contributed by atoms with van der Waals surface area (Å²) in [7, 11) is 0. The number of hydrogen-bond donors (Lipinski definition) is 4. The molecule has 0 radical (unpaired) electrons. The highest BCUT2D eigenvalue weighted by Gasteiger charge is 2.19. The van der Waals surface area contributed by atoms with Gasteiger partial charge in [0.25, 0.3) is 0 Å². The van der Waals surface area contributed by atoms with Crippen molar-refractivity contribution in [3.8, 4) is 0 Å². The summed E-state index contributed by atoms with van der Waals surface area (Å²) in [5.41, 5.74) is 9.37. The van der Waals surface area contributed by atoms with Gasteiger partial charge in [0.1, 0.15) is 0 Å². The molecule has 0 bridgehead atoms. The van der Waals surface area contributed by atoms with Crippen molar-refractivity contribution >= 4 is 23.6 Å². The zero-order valence-corrected chi connectivity index (χ0v) is 19.6. The maximum atomic E-state index is 11.5. The standard InChI is InChI=1S/C12H16N2O3.C12H18N2O3/c15-11(8-9-4-1-2-5-9)13-14-12(16)10-6-3-7-17-10;1-2-3-4-5-8-11(15)13-14-12(16)10-7-6-9-17-10/h3,6-7,9H,1-2,4-5,8H2,(H,13,15)(H,14,16);6-7,9H,2-5,8H2,1H3,(H,13,15)(H,14,16). The zero-order valence-electron chi connectivity index (χ0n) is 19.6. The molecule has 10 heteroatoms. The summed E-state index contributed by atoms with van der Waals surface area (Å²) >= 11 is 0. The van der Waals surface area contributed by atoms with Crippen molar-refractivity contribution in [3.63, 3.8) is 0 Å². The highest BCUT2D eigenvalue weighted by atomic mass is 16.3. The molecule has 0 saturated heterocycles. The van der Waals surface area contributed by atoms with E-state index in [2.05, 4.69) is 28.6 Å². The number of hydrogen-bond acceptors (Lipinski definition) is 6. The fourth-order valence-corrected chi connectivity index (χ4v) is 3.49. The summed E-state index contributed by atoms with van der Waals surface area (Å²) in [6.45, 7) is 2.11. The van der Waals surface area contributed by atoms with Crippen LogP contribution in [0.1, 0.15) is 92.2 Å². The van der Waals surface area contributed by atoms with Crippen LogP contribution in [-0.4, -0.2) is 23.6 Å². The molecule has 0 unspecified atom stereocenters. The van der Waals surface area contributed by atoms with Crippen LogP contribution < -0.4 is 21.7 Å². The van der Waals surface area contributed by atoms with Gasteiger partial charge in [-0.05, 0) is 49.4 Å². The van der Waals surface area contributed by atoms with Crippen molar-refractivity contribution in [1.82, 2.24) is 21.7 Å². The topological polar surface area (TPSA) is 143 Å². The van der Waals surface area contributed by atoms with Crippen molar-refractivity contribution in [1.29, 1.82) is 0 Å². The van der Waals surface area contributed by atoms with Crippen molar-refractivity contribution in [3.05, 3.63) is 48.3 Å². The van der Waals surface area contributed by atoms with Crippen molar-refractivity contribution in [2.24, 2.45) is 5.92 Å². The Bertz CT molecular complexity index is 873. The number of rotatable bonds is 9. The first kappa shape index (κ1) is 26.7. The van der Waals surface area contributed by atoms with Crippen LogP contribution in [0.15, 0.2) is 45.6 Å². The molecular formula is C24H34N4O6. The zero-order chi connectivity index (χ0) is 24.6. The quantitative estimate of drug-likeness (QED) is 0.323. The predicted octanol–water partition coefficient (Wildman–Crippen LogP) is 3.63. The molecule has 0 aromatic carbocycles. The smallest absolute Gasteiger partial charge is 0.305 e. The SMILES string of the molecule is CCCCCCC(=O)NNC(=O)c1ccco1.O=C(CC1CCCC1)NNC(=O)c1ccco1. The summed E-state index contributed by atoms with van der Waals surface area (Å²) < 4.78 is 9.77. The molecule has 3 rings (SSSR count). The average molecular weight is 475 g/mol. The molecule has 10 nitrogen and oxygen atoms in total. The number of hydrazine groups is 2. The van der Waals surface area contributed by atoms with Gasteiger partial charge in [-0.1, -0.05) is 39.0 Å². The van der Waals surface area contributed by atoms with E-state index in [9.17, 15) is 19.2 Å². The van der Waals surface area contributed by atoms with Crippen LogP contribution in [0.3, 0.4) is 0 Å². The van der Waals surface area contributed by atoms with Gasteiger partial charge in [0, 0.05) is 12.8 Å². The lowest BCUT2D eigenvalue weighted by Crippen LogP contribution is -2.42. The summed E-state index contributed by atoms with van der Waals surface area (Å²) in [6, 6.07) is 6.30. The third kappa shape index (κ3) is 10.4. The van der Waals surface area contributed by atoms with Crippen LogP contribution in [0, 0.1) is 5.92 Å². The van der Waals surface area contributed by atoms with E-state index in [-0.39, 0.29) is 23.3 Å². The van der Waals surface area contributed by atoms with Gasteiger partial charge in [-0.3, -0.25) is 40.9 Å². The molecule has 1 aliphatic rings. The molecular weight excluding hydrogens is 440 g/mol. The normalized spacial score (nSPS) is 12.9. The van der Waals surface area contributed by atoms with E-state index in [1.807, 2.05) is 0 Å². The van der Waals surface area contributed by atoms with Crippen LogP contribution in [0.2, 0.25) is 0 Å². The van der Waals surface area contributed by atoms with Gasteiger partial charge in [0.2, 0.25) is 11.8 Å². The Kier molecular flexibility index (Phi) is 12.0. The van der Waals surface area contributed by atoms with E-state index in [1.54, 1.807) is 18.2 Å². The molecule has 0 spiro atoms. The van der Waals surface area contributed by atoms with Gasteiger partial charge in [-0.25, -0.2) is 0 Å². The Hall–Kier alpha value is -3.56. The molecule has 2 aromatic heterocycles.